The lowest BCUT2D eigenvalue weighted by Crippen LogP contribution is -2.54. The van der Waals surface area contributed by atoms with Crippen molar-refractivity contribution in [2.75, 3.05) is 19.7 Å². The van der Waals surface area contributed by atoms with E-state index in [-0.39, 0.29) is 23.8 Å². The fraction of sp³-hybridized carbons (Fsp3) is 0.538. The lowest BCUT2D eigenvalue weighted by atomic mass is 9.78. The van der Waals surface area contributed by atoms with E-state index in [4.69, 9.17) is 10.5 Å². The first kappa shape index (κ1) is 16.7. The third-order valence-corrected chi connectivity index (χ3v) is 3.67. The molecule has 3 N–H and O–H groups in total. The van der Waals surface area contributed by atoms with Crippen molar-refractivity contribution in [2.45, 2.75) is 24.8 Å². The molecule has 2 rings (SSSR count). The van der Waals surface area contributed by atoms with Gasteiger partial charge in [-0.05, 0) is 31.4 Å². The van der Waals surface area contributed by atoms with Gasteiger partial charge in [0.1, 0.15) is 18.2 Å². The van der Waals surface area contributed by atoms with Gasteiger partial charge in [-0.2, -0.15) is 0 Å². The third-order valence-electron chi connectivity index (χ3n) is 3.21. The van der Waals surface area contributed by atoms with Crippen molar-refractivity contribution >= 4 is 28.3 Å². The van der Waals surface area contributed by atoms with Gasteiger partial charge in [-0.1, -0.05) is 15.9 Å². The van der Waals surface area contributed by atoms with Crippen molar-refractivity contribution in [3.63, 3.8) is 0 Å². The molecule has 0 bridgehead atoms. The van der Waals surface area contributed by atoms with Crippen LogP contribution in [-0.2, 0) is 0 Å². The monoisotopic (exact) mass is 352 g/mol. The van der Waals surface area contributed by atoms with E-state index in [1.54, 1.807) is 6.07 Å². The predicted molar refractivity (Wildman–Crippen MR) is 80.5 cm³/mol. The molecule has 6 heteroatoms. The number of hydrogen-bond donors (Lipinski definition) is 2. The number of nitrogens with two attached hydrogens (primary N) is 1. The number of benzene rings is 1. The lowest BCUT2D eigenvalue weighted by molar-refractivity contribution is 0.230. The van der Waals surface area contributed by atoms with Crippen LogP contribution >= 0.6 is 28.3 Å². The Morgan fingerprint density at radius 1 is 1.37 bits per heavy atom. The highest BCUT2D eigenvalue weighted by atomic mass is 79.9. The van der Waals surface area contributed by atoms with Crippen LogP contribution in [0.2, 0.25) is 0 Å². The first-order chi connectivity index (χ1) is 8.57. The minimum absolute atomic E-state index is 0. The molecule has 1 aliphatic rings. The molecule has 1 aliphatic carbocycles. The van der Waals surface area contributed by atoms with E-state index in [2.05, 4.69) is 21.2 Å². The van der Waals surface area contributed by atoms with Crippen LogP contribution < -0.4 is 15.8 Å². The zero-order chi connectivity index (χ0) is 13.0. The summed E-state index contributed by atoms with van der Waals surface area (Å²) in [6, 6.07) is 4.53. The number of nitrogens with one attached hydrogen (secondary N) is 1. The molecular weight excluding hydrogens is 335 g/mol. The molecule has 0 aliphatic heterocycles. The van der Waals surface area contributed by atoms with Crippen molar-refractivity contribution < 1.29 is 9.13 Å². The number of hydrogen-bond acceptors (Lipinski definition) is 3. The van der Waals surface area contributed by atoms with Crippen LogP contribution in [-0.4, -0.2) is 25.2 Å². The summed E-state index contributed by atoms with van der Waals surface area (Å²) in [5.74, 6) is 0.234. The van der Waals surface area contributed by atoms with Gasteiger partial charge in [0, 0.05) is 29.2 Å². The normalized spacial score (nSPS) is 16.4. The molecule has 0 saturated heterocycles. The van der Waals surface area contributed by atoms with Gasteiger partial charge >= 0.3 is 0 Å². The average Bonchev–Trinajstić information content (AvgIpc) is 2.25. The summed E-state index contributed by atoms with van der Waals surface area (Å²) >= 11 is 3.23. The maximum absolute atomic E-state index is 13.1. The molecular formula is C13H19BrClFN2O. The molecule has 1 aromatic rings. The first-order valence-corrected chi connectivity index (χ1v) is 6.95. The van der Waals surface area contributed by atoms with Crippen LogP contribution in [0.3, 0.4) is 0 Å². The van der Waals surface area contributed by atoms with Gasteiger partial charge < -0.3 is 15.8 Å². The summed E-state index contributed by atoms with van der Waals surface area (Å²) in [5, 5.41) is 3.27. The highest BCUT2D eigenvalue weighted by Gasteiger charge is 2.31. The summed E-state index contributed by atoms with van der Waals surface area (Å²) in [6.07, 6.45) is 3.42. The maximum Gasteiger partial charge on any atom is 0.128 e. The maximum atomic E-state index is 13.1. The molecule has 19 heavy (non-hydrogen) atoms. The average molecular weight is 354 g/mol. The van der Waals surface area contributed by atoms with Gasteiger partial charge in [0.2, 0.25) is 0 Å². The lowest BCUT2D eigenvalue weighted by Gasteiger charge is -2.38. The molecule has 0 atom stereocenters. The van der Waals surface area contributed by atoms with Gasteiger partial charge in [0.15, 0.2) is 0 Å². The second kappa shape index (κ2) is 7.43. The summed E-state index contributed by atoms with van der Waals surface area (Å²) in [5.41, 5.74) is 6.06. The topological polar surface area (TPSA) is 47.3 Å². The number of ether oxygens (including phenoxy) is 1. The fourth-order valence-corrected chi connectivity index (χ4v) is 2.44. The van der Waals surface area contributed by atoms with Crippen LogP contribution in [0.5, 0.6) is 5.75 Å². The SMILES string of the molecule is Cl.NC1(CNCCOc2cc(F)cc(Br)c2)CCC1. The first-order valence-electron chi connectivity index (χ1n) is 6.16. The Hall–Kier alpha value is -0.360. The Morgan fingerprint density at radius 3 is 2.68 bits per heavy atom. The zero-order valence-corrected chi connectivity index (χ0v) is 13.0. The largest absolute Gasteiger partial charge is 0.492 e. The highest BCUT2D eigenvalue weighted by molar-refractivity contribution is 9.10. The molecule has 0 unspecified atom stereocenters. The minimum Gasteiger partial charge on any atom is -0.492 e. The van der Waals surface area contributed by atoms with Crippen LogP contribution in [0.15, 0.2) is 22.7 Å². The molecule has 0 heterocycles. The molecule has 1 fully saturated rings. The Kier molecular flexibility index (Phi) is 6.53. The van der Waals surface area contributed by atoms with Gasteiger partial charge in [0.25, 0.3) is 0 Å². The quantitative estimate of drug-likeness (QED) is 0.773. The predicted octanol–water partition coefficient (Wildman–Crippen LogP) is 2.86. The molecule has 0 radical (unpaired) electrons. The van der Waals surface area contributed by atoms with E-state index < -0.39 is 0 Å². The smallest absolute Gasteiger partial charge is 0.128 e. The Balaban J connectivity index is 0.00000180. The number of halogens is 3. The summed E-state index contributed by atoms with van der Waals surface area (Å²) in [6.45, 7) is 2.04. The molecule has 0 spiro atoms. The van der Waals surface area contributed by atoms with E-state index in [0.29, 0.717) is 23.4 Å². The Labute approximate surface area is 127 Å². The van der Waals surface area contributed by atoms with Crippen molar-refractivity contribution in [1.29, 1.82) is 0 Å². The van der Waals surface area contributed by atoms with E-state index >= 15 is 0 Å². The van der Waals surface area contributed by atoms with Crippen LogP contribution in [0.1, 0.15) is 19.3 Å². The molecule has 1 aromatic carbocycles. The Morgan fingerprint density at radius 2 is 2.11 bits per heavy atom. The van der Waals surface area contributed by atoms with Crippen molar-refractivity contribution in [3.05, 3.63) is 28.5 Å². The standard InChI is InChI=1S/C13H18BrFN2O.ClH/c14-10-6-11(15)8-12(7-10)18-5-4-17-9-13(16)2-1-3-13;/h6-8,17H,1-5,9,16H2;1H. The summed E-state index contributed by atoms with van der Waals surface area (Å²) < 4.78 is 19.2. The van der Waals surface area contributed by atoms with Crippen LogP contribution in [0.25, 0.3) is 0 Å². The van der Waals surface area contributed by atoms with Crippen LogP contribution in [0.4, 0.5) is 4.39 Å². The minimum atomic E-state index is -0.303. The van der Waals surface area contributed by atoms with Crippen LogP contribution in [0, 0.1) is 5.82 Å². The van der Waals surface area contributed by atoms with E-state index in [0.717, 1.165) is 19.4 Å². The van der Waals surface area contributed by atoms with E-state index in [9.17, 15) is 4.39 Å². The molecule has 0 aromatic heterocycles. The Bertz CT molecular complexity index is 395. The summed E-state index contributed by atoms with van der Waals surface area (Å²) in [7, 11) is 0. The molecule has 1 saturated carbocycles. The molecule has 108 valence electrons. The fourth-order valence-electron chi connectivity index (χ4n) is 2.00. The van der Waals surface area contributed by atoms with Gasteiger partial charge in [-0.3, -0.25) is 0 Å². The van der Waals surface area contributed by atoms with Gasteiger partial charge in [-0.15, -0.1) is 12.4 Å². The second-order valence-corrected chi connectivity index (χ2v) is 5.76. The van der Waals surface area contributed by atoms with E-state index in [1.165, 1.54) is 18.6 Å². The van der Waals surface area contributed by atoms with Crippen molar-refractivity contribution in [2.24, 2.45) is 5.73 Å². The summed E-state index contributed by atoms with van der Waals surface area (Å²) in [4.78, 5) is 0. The van der Waals surface area contributed by atoms with Crippen molar-refractivity contribution in [3.8, 4) is 5.75 Å². The zero-order valence-electron chi connectivity index (χ0n) is 10.6. The second-order valence-electron chi connectivity index (χ2n) is 4.85. The van der Waals surface area contributed by atoms with E-state index in [1.807, 2.05) is 0 Å². The van der Waals surface area contributed by atoms with Gasteiger partial charge in [0.05, 0.1) is 0 Å². The molecule has 0 amide bonds. The van der Waals surface area contributed by atoms with Crippen molar-refractivity contribution in [1.82, 2.24) is 5.32 Å². The third kappa shape index (κ3) is 5.26. The van der Waals surface area contributed by atoms with Gasteiger partial charge in [-0.25, -0.2) is 4.39 Å². The molecule has 3 nitrogen and oxygen atoms in total. The number of rotatable bonds is 6. The highest BCUT2D eigenvalue weighted by Crippen LogP contribution is 2.27.